The standard InChI is InChI=1S/C26H23F5N8O3/c27-16-3-2-14(26(29,30)31)8-19(16)37-25(42)36-18-4-1-13(7-17(18)28)22-15(11-40)20(9-38-6-5-33-21(41)10-38)39-23(22)24(32)34-12-35-39/h1-4,7-8,12,40H,5-6,9-11H2,(H,33,41)(H2,32,34,35)(H2,36,37,42). The van der Waals surface area contributed by atoms with Gasteiger partial charge in [0.2, 0.25) is 5.91 Å². The average molecular weight is 591 g/mol. The zero-order valence-corrected chi connectivity index (χ0v) is 21.6. The minimum Gasteiger partial charge on any atom is -0.392 e. The van der Waals surface area contributed by atoms with Gasteiger partial charge >= 0.3 is 12.2 Å². The number of urea groups is 1. The number of hydrogen-bond donors (Lipinski definition) is 5. The second-order valence-electron chi connectivity index (χ2n) is 9.39. The lowest BCUT2D eigenvalue weighted by atomic mass is 10.0. The number of carbonyl (C=O) groups is 2. The van der Waals surface area contributed by atoms with Crippen LogP contribution in [-0.4, -0.2) is 56.2 Å². The average Bonchev–Trinajstić information content (AvgIpc) is 3.24. The summed E-state index contributed by atoms with van der Waals surface area (Å²) in [5.74, 6) is -2.18. The lowest BCUT2D eigenvalue weighted by Crippen LogP contribution is -2.47. The van der Waals surface area contributed by atoms with Crippen LogP contribution < -0.4 is 21.7 Å². The summed E-state index contributed by atoms with van der Waals surface area (Å²) in [6, 6.07) is 3.97. The van der Waals surface area contributed by atoms with Gasteiger partial charge in [0.05, 0.1) is 35.8 Å². The van der Waals surface area contributed by atoms with E-state index in [1.54, 1.807) is 0 Å². The second kappa shape index (κ2) is 11.2. The van der Waals surface area contributed by atoms with Gasteiger partial charge in [0.15, 0.2) is 5.82 Å². The molecule has 0 saturated carbocycles. The van der Waals surface area contributed by atoms with Gasteiger partial charge in [-0.15, -0.1) is 0 Å². The molecule has 3 amide bonds. The van der Waals surface area contributed by atoms with Crippen LogP contribution in [0.2, 0.25) is 0 Å². The number of rotatable bonds is 6. The minimum absolute atomic E-state index is 0.0439. The number of alkyl halides is 3. The Morgan fingerprint density at radius 3 is 2.55 bits per heavy atom. The Kier molecular flexibility index (Phi) is 7.66. The summed E-state index contributed by atoms with van der Waals surface area (Å²) in [4.78, 5) is 30.1. The third-order valence-electron chi connectivity index (χ3n) is 6.66. The molecule has 2 aromatic carbocycles. The first-order valence-electron chi connectivity index (χ1n) is 12.4. The molecular formula is C26H23F5N8O3. The predicted octanol–water partition coefficient (Wildman–Crippen LogP) is 3.34. The van der Waals surface area contributed by atoms with Crippen molar-refractivity contribution in [2.24, 2.45) is 0 Å². The molecule has 0 bridgehead atoms. The topological polar surface area (TPSA) is 150 Å². The fourth-order valence-electron chi connectivity index (χ4n) is 4.75. The number of hydrogen-bond acceptors (Lipinski definition) is 7. The van der Waals surface area contributed by atoms with Crippen molar-refractivity contribution < 1.29 is 36.6 Å². The molecule has 3 heterocycles. The van der Waals surface area contributed by atoms with Crippen molar-refractivity contribution in [3.63, 3.8) is 0 Å². The lowest BCUT2D eigenvalue weighted by Gasteiger charge is -2.26. The fourth-order valence-corrected chi connectivity index (χ4v) is 4.75. The van der Waals surface area contributed by atoms with E-state index in [4.69, 9.17) is 5.73 Å². The number of nitrogen functional groups attached to an aromatic ring is 1. The van der Waals surface area contributed by atoms with Crippen molar-refractivity contribution in [3.05, 3.63) is 71.2 Å². The fraction of sp³-hybridized carbons (Fsp3) is 0.231. The highest BCUT2D eigenvalue weighted by atomic mass is 19.4. The Labute approximate surface area is 234 Å². The van der Waals surface area contributed by atoms with Gasteiger partial charge in [0.1, 0.15) is 23.5 Å². The molecule has 42 heavy (non-hydrogen) atoms. The molecule has 0 radical (unpaired) electrons. The van der Waals surface area contributed by atoms with Crippen molar-refractivity contribution >= 4 is 34.6 Å². The highest BCUT2D eigenvalue weighted by molar-refractivity contribution is 6.00. The second-order valence-corrected chi connectivity index (χ2v) is 9.39. The molecule has 11 nitrogen and oxygen atoms in total. The van der Waals surface area contributed by atoms with Crippen molar-refractivity contribution in [2.45, 2.75) is 19.3 Å². The Morgan fingerprint density at radius 1 is 1.10 bits per heavy atom. The van der Waals surface area contributed by atoms with Crippen molar-refractivity contribution in [3.8, 4) is 11.1 Å². The number of nitrogens with one attached hydrogen (secondary N) is 3. The number of anilines is 3. The molecule has 1 fully saturated rings. The largest absolute Gasteiger partial charge is 0.416 e. The van der Waals surface area contributed by atoms with Crippen LogP contribution in [0.5, 0.6) is 0 Å². The monoisotopic (exact) mass is 590 g/mol. The lowest BCUT2D eigenvalue weighted by molar-refractivity contribution is -0.137. The summed E-state index contributed by atoms with van der Waals surface area (Å²) < 4.78 is 69.7. The van der Waals surface area contributed by atoms with Gasteiger partial charge < -0.3 is 26.8 Å². The maximum atomic E-state index is 15.2. The van der Waals surface area contributed by atoms with Gasteiger partial charge in [-0.25, -0.2) is 23.1 Å². The first-order valence-corrected chi connectivity index (χ1v) is 12.4. The summed E-state index contributed by atoms with van der Waals surface area (Å²) in [5.41, 5.74) is 5.60. The summed E-state index contributed by atoms with van der Waals surface area (Å²) in [5, 5.41) is 21.4. The zero-order chi connectivity index (χ0) is 30.2. The summed E-state index contributed by atoms with van der Waals surface area (Å²) in [6.07, 6.45) is -3.55. The maximum absolute atomic E-state index is 15.2. The van der Waals surface area contributed by atoms with E-state index in [9.17, 15) is 32.3 Å². The summed E-state index contributed by atoms with van der Waals surface area (Å²) >= 11 is 0. The third-order valence-corrected chi connectivity index (χ3v) is 6.66. The smallest absolute Gasteiger partial charge is 0.392 e. The molecule has 0 unspecified atom stereocenters. The van der Waals surface area contributed by atoms with Gasteiger partial charge in [-0.2, -0.15) is 18.3 Å². The van der Waals surface area contributed by atoms with Crippen LogP contribution >= 0.6 is 0 Å². The van der Waals surface area contributed by atoms with Gasteiger partial charge in [-0.3, -0.25) is 9.69 Å². The highest BCUT2D eigenvalue weighted by Gasteiger charge is 2.31. The van der Waals surface area contributed by atoms with Crippen LogP contribution in [-0.2, 0) is 24.1 Å². The highest BCUT2D eigenvalue weighted by Crippen LogP contribution is 2.37. The molecule has 6 N–H and O–H groups in total. The molecule has 0 atom stereocenters. The molecular weight excluding hydrogens is 567 g/mol. The first kappa shape index (κ1) is 28.7. The molecule has 1 aliphatic rings. The van der Waals surface area contributed by atoms with E-state index >= 15 is 4.39 Å². The van der Waals surface area contributed by atoms with E-state index < -0.39 is 41.7 Å². The van der Waals surface area contributed by atoms with Crippen LogP contribution in [0.1, 0.15) is 16.8 Å². The Morgan fingerprint density at radius 2 is 1.86 bits per heavy atom. The van der Waals surface area contributed by atoms with Gasteiger partial charge in [0, 0.05) is 30.8 Å². The number of aromatic nitrogens is 3. The zero-order valence-electron chi connectivity index (χ0n) is 21.6. The Bertz CT molecular complexity index is 1690. The molecule has 5 rings (SSSR count). The number of amides is 3. The van der Waals surface area contributed by atoms with E-state index in [2.05, 4.69) is 20.7 Å². The minimum atomic E-state index is -4.77. The van der Waals surface area contributed by atoms with Gasteiger partial charge in [-0.1, -0.05) is 6.07 Å². The molecule has 0 aliphatic carbocycles. The van der Waals surface area contributed by atoms with Crippen molar-refractivity contribution in [1.82, 2.24) is 24.8 Å². The van der Waals surface area contributed by atoms with Crippen molar-refractivity contribution in [2.75, 3.05) is 36.0 Å². The molecule has 1 aliphatic heterocycles. The predicted molar refractivity (Wildman–Crippen MR) is 141 cm³/mol. The number of piperazine rings is 1. The number of aliphatic hydroxyl groups is 1. The van der Waals surface area contributed by atoms with E-state index in [-0.39, 0.29) is 41.6 Å². The molecule has 4 aromatic rings. The van der Waals surface area contributed by atoms with Crippen LogP contribution in [0.3, 0.4) is 0 Å². The number of carbonyl (C=O) groups excluding carboxylic acids is 2. The molecule has 0 spiro atoms. The van der Waals surface area contributed by atoms with Crippen molar-refractivity contribution in [1.29, 1.82) is 0 Å². The number of halogens is 5. The number of fused-ring (bicyclic) bond motifs is 1. The van der Waals surface area contributed by atoms with E-state index in [0.717, 1.165) is 6.07 Å². The number of aliphatic hydroxyl groups excluding tert-OH is 1. The number of benzene rings is 2. The van der Waals surface area contributed by atoms with E-state index in [0.29, 0.717) is 48.1 Å². The molecule has 2 aromatic heterocycles. The Balaban J connectivity index is 1.45. The normalized spacial score (nSPS) is 14.2. The van der Waals surface area contributed by atoms with Crippen LogP contribution in [0.4, 0.5) is 43.9 Å². The van der Waals surface area contributed by atoms with Crippen LogP contribution in [0, 0.1) is 11.6 Å². The van der Waals surface area contributed by atoms with Crippen LogP contribution in [0.25, 0.3) is 16.6 Å². The first-order chi connectivity index (χ1) is 20.0. The van der Waals surface area contributed by atoms with Gasteiger partial charge in [0.25, 0.3) is 0 Å². The third kappa shape index (κ3) is 5.66. The summed E-state index contributed by atoms with van der Waals surface area (Å²) in [7, 11) is 0. The van der Waals surface area contributed by atoms with Crippen LogP contribution in [0.15, 0.2) is 42.7 Å². The number of nitrogens with zero attached hydrogens (tertiary/aromatic N) is 4. The quantitative estimate of drug-likeness (QED) is 0.216. The Hall–Kier alpha value is -4.83. The SMILES string of the molecule is Nc1ncnn2c(CN3CCNC(=O)C3)c(CO)c(-c3ccc(NC(=O)Nc4cc(C(F)(F)F)ccc4F)c(F)c3)c12. The number of nitrogens with two attached hydrogens (primary N) is 1. The maximum Gasteiger partial charge on any atom is 0.416 e. The molecule has 220 valence electrons. The molecule has 1 saturated heterocycles. The van der Waals surface area contributed by atoms with E-state index in [1.165, 1.54) is 23.0 Å². The molecule has 16 heteroatoms. The van der Waals surface area contributed by atoms with Gasteiger partial charge in [-0.05, 0) is 35.9 Å². The summed E-state index contributed by atoms with van der Waals surface area (Å²) in [6.45, 7) is 0.834. The van der Waals surface area contributed by atoms with E-state index in [1.807, 2.05) is 10.2 Å².